The lowest BCUT2D eigenvalue weighted by Gasteiger charge is -2.22. The third-order valence-corrected chi connectivity index (χ3v) is 3.48. The Bertz CT molecular complexity index is 446. The van der Waals surface area contributed by atoms with Crippen molar-refractivity contribution in [3.05, 3.63) is 29.3 Å². The summed E-state index contributed by atoms with van der Waals surface area (Å²) in [6.45, 7) is -0.240. The molecule has 1 fully saturated rings. The van der Waals surface area contributed by atoms with Crippen LogP contribution >= 0.6 is 11.6 Å². The molecule has 2 rings (SSSR count). The summed E-state index contributed by atoms with van der Waals surface area (Å²) in [4.78, 5) is 0. The van der Waals surface area contributed by atoms with Crippen molar-refractivity contribution in [1.82, 2.24) is 5.32 Å². The van der Waals surface area contributed by atoms with Crippen LogP contribution in [-0.4, -0.2) is 36.1 Å². The van der Waals surface area contributed by atoms with Crippen molar-refractivity contribution >= 4 is 11.6 Å². The molecule has 0 bridgehead atoms. The molecule has 1 aromatic carbocycles. The van der Waals surface area contributed by atoms with Crippen molar-refractivity contribution in [1.29, 1.82) is 0 Å². The molecule has 0 radical (unpaired) electrons. The van der Waals surface area contributed by atoms with E-state index in [2.05, 4.69) is 5.32 Å². The summed E-state index contributed by atoms with van der Waals surface area (Å²) in [5.41, 5.74) is -1.81. The van der Waals surface area contributed by atoms with Crippen LogP contribution < -0.4 is 10.1 Å². The Hall–Kier alpha value is -0.980. The fourth-order valence-electron chi connectivity index (χ4n) is 1.78. The Balaban J connectivity index is 1.73. The van der Waals surface area contributed by atoms with E-state index in [1.54, 1.807) is 24.3 Å². The third-order valence-electron chi connectivity index (χ3n) is 3.22. The van der Waals surface area contributed by atoms with Gasteiger partial charge in [0.05, 0.1) is 0 Å². The van der Waals surface area contributed by atoms with E-state index in [0.717, 1.165) is 0 Å². The number of ether oxygens (including phenoxy) is 1. The minimum atomic E-state index is -4.27. The minimum Gasteiger partial charge on any atom is -0.491 e. The summed E-state index contributed by atoms with van der Waals surface area (Å²) in [6.07, 6.45) is -5.17. The lowest BCUT2D eigenvalue weighted by atomic mass is 10.2. The zero-order valence-corrected chi connectivity index (χ0v) is 11.3. The molecule has 1 aliphatic carbocycles. The number of β-amino-alcohol motifs (C(OH)–C–C–N with tert-alkyl or cyclic N) is 1. The van der Waals surface area contributed by atoms with E-state index in [4.69, 9.17) is 16.3 Å². The SMILES string of the molecule is OC(CNC1(C(F)(F)F)CC1)COc1ccc(Cl)cc1. The van der Waals surface area contributed by atoms with E-state index in [0.29, 0.717) is 10.8 Å². The molecule has 0 aliphatic heterocycles. The number of benzene rings is 1. The van der Waals surface area contributed by atoms with Gasteiger partial charge in [-0.2, -0.15) is 13.2 Å². The second-order valence-corrected chi connectivity index (χ2v) is 5.32. The minimum absolute atomic E-state index is 0.0568. The van der Waals surface area contributed by atoms with E-state index in [1.807, 2.05) is 0 Å². The van der Waals surface area contributed by atoms with Crippen LogP contribution in [-0.2, 0) is 0 Å². The lowest BCUT2D eigenvalue weighted by Crippen LogP contribution is -2.48. The highest BCUT2D eigenvalue weighted by molar-refractivity contribution is 6.30. The smallest absolute Gasteiger partial charge is 0.406 e. The molecule has 1 saturated carbocycles. The summed E-state index contributed by atoms with van der Waals surface area (Å²) < 4.78 is 43.2. The molecule has 1 aliphatic rings. The van der Waals surface area contributed by atoms with Crippen molar-refractivity contribution in [2.75, 3.05) is 13.2 Å². The Morgan fingerprint density at radius 1 is 1.30 bits per heavy atom. The molecule has 3 nitrogen and oxygen atoms in total. The highest BCUT2D eigenvalue weighted by Gasteiger charge is 2.63. The average molecular weight is 310 g/mol. The zero-order chi connectivity index (χ0) is 14.8. The summed E-state index contributed by atoms with van der Waals surface area (Å²) in [5.74, 6) is 0.505. The van der Waals surface area contributed by atoms with Gasteiger partial charge in [-0.1, -0.05) is 11.6 Å². The second-order valence-electron chi connectivity index (χ2n) is 4.88. The van der Waals surface area contributed by atoms with Crippen LogP contribution in [0.5, 0.6) is 5.75 Å². The number of hydrogen-bond acceptors (Lipinski definition) is 3. The average Bonchev–Trinajstić information content (AvgIpc) is 3.16. The van der Waals surface area contributed by atoms with Gasteiger partial charge in [0.2, 0.25) is 0 Å². The van der Waals surface area contributed by atoms with Gasteiger partial charge >= 0.3 is 6.18 Å². The highest BCUT2D eigenvalue weighted by atomic mass is 35.5. The van der Waals surface area contributed by atoms with Gasteiger partial charge < -0.3 is 15.2 Å². The van der Waals surface area contributed by atoms with E-state index in [-0.39, 0.29) is 26.0 Å². The van der Waals surface area contributed by atoms with Crippen molar-refractivity contribution in [2.24, 2.45) is 0 Å². The fraction of sp³-hybridized carbons (Fsp3) is 0.538. The van der Waals surface area contributed by atoms with Crippen molar-refractivity contribution < 1.29 is 23.0 Å². The topological polar surface area (TPSA) is 41.5 Å². The fourth-order valence-corrected chi connectivity index (χ4v) is 1.91. The van der Waals surface area contributed by atoms with Crippen LogP contribution in [0.1, 0.15) is 12.8 Å². The maximum absolute atomic E-state index is 12.6. The van der Waals surface area contributed by atoms with Gasteiger partial charge in [-0.05, 0) is 37.1 Å². The van der Waals surface area contributed by atoms with Gasteiger partial charge in [-0.15, -0.1) is 0 Å². The first-order valence-electron chi connectivity index (χ1n) is 6.21. The van der Waals surface area contributed by atoms with Crippen LogP contribution in [0.25, 0.3) is 0 Å². The van der Waals surface area contributed by atoms with Gasteiger partial charge in [0, 0.05) is 11.6 Å². The molecule has 0 spiro atoms. The quantitative estimate of drug-likeness (QED) is 0.849. The summed E-state index contributed by atoms with van der Waals surface area (Å²) in [6, 6.07) is 6.51. The molecule has 112 valence electrons. The molecule has 7 heteroatoms. The van der Waals surface area contributed by atoms with Gasteiger partial charge in [0.15, 0.2) is 0 Å². The first-order chi connectivity index (χ1) is 9.32. The van der Waals surface area contributed by atoms with Crippen LogP contribution in [0.4, 0.5) is 13.2 Å². The van der Waals surface area contributed by atoms with Crippen LogP contribution in [0, 0.1) is 0 Å². The standard InChI is InChI=1S/C13H15ClF3NO2/c14-9-1-3-11(4-2-9)20-8-10(19)7-18-12(5-6-12)13(15,16)17/h1-4,10,18-19H,5-8H2. The monoisotopic (exact) mass is 309 g/mol. The summed E-state index contributed by atoms with van der Waals surface area (Å²) in [5, 5.41) is 12.6. The molecular weight excluding hydrogens is 295 g/mol. The molecule has 1 unspecified atom stereocenters. The molecular formula is C13H15ClF3NO2. The van der Waals surface area contributed by atoms with Crippen LogP contribution in [0.3, 0.4) is 0 Å². The highest BCUT2D eigenvalue weighted by Crippen LogP contribution is 2.48. The third kappa shape index (κ3) is 3.77. The summed E-state index contributed by atoms with van der Waals surface area (Å²) in [7, 11) is 0. The number of aliphatic hydroxyl groups is 1. The van der Waals surface area contributed by atoms with Crippen molar-refractivity contribution in [2.45, 2.75) is 30.7 Å². The predicted octanol–water partition coefficient (Wildman–Crippen LogP) is 2.76. The molecule has 1 atom stereocenters. The van der Waals surface area contributed by atoms with Crippen molar-refractivity contribution in [3.63, 3.8) is 0 Å². The maximum atomic E-state index is 12.6. The first kappa shape index (κ1) is 15.4. The van der Waals surface area contributed by atoms with E-state index in [9.17, 15) is 18.3 Å². The Morgan fingerprint density at radius 3 is 2.40 bits per heavy atom. The van der Waals surface area contributed by atoms with Gasteiger partial charge in [-0.25, -0.2) is 0 Å². The molecule has 1 aromatic rings. The van der Waals surface area contributed by atoms with Gasteiger partial charge in [-0.3, -0.25) is 0 Å². The number of nitrogens with one attached hydrogen (secondary N) is 1. The largest absolute Gasteiger partial charge is 0.491 e. The molecule has 0 saturated heterocycles. The molecule has 0 aromatic heterocycles. The number of alkyl halides is 3. The molecule has 0 heterocycles. The number of halogens is 4. The Labute approximate surface area is 119 Å². The Morgan fingerprint density at radius 2 is 1.90 bits per heavy atom. The molecule has 2 N–H and O–H groups in total. The number of hydrogen-bond donors (Lipinski definition) is 2. The van der Waals surface area contributed by atoms with Crippen LogP contribution in [0.15, 0.2) is 24.3 Å². The maximum Gasteiger partial charge on any atom is 0.406 e. The lowest BCUT2D eigenvalue weighted by molar-refractivity contribution is -0.166. The van der Waals surface area contributed by atoms with E-state index >= 15 is 0 Å². The predicted molar refractivity (Wildman–Crippen MR) is 69.0 cm³/mol. The van der Waals surface area contributed by atoms with E-state index < -0.39 is 17.8 Å². The van der Waals surface area contributed by atoms with Gasteiger partial charge in [0.25, 0.3) is 0 Å². The normalized spacial score (nSPS) is 18.6. The van der Waals surface area contributed by atoms with E-state index in [1.165, 1.54) is 0 Å². The van der Waals surface area contributed by atoms with Crippen molar-refractivity contribution in [3.8, 4) is 5.75 Å². The molecule has 20 heavy (non-hydrogen) atoms. The second kappa shape index (κ2) is 5.79. The summed E-state index contributed by atoms with van der Waals surface area (Å²) >= 11 is 5.70. The number of rotatable bonds is 6. The number of aliphatic hydroxyl groups excluding tert-OH is 1. The first-order valence-corrected chi connectivity index (χ1v) is 6.58. The molecule has 0 amide bonds. The Kier molecular flexibility index (Phi) is 4.46. The zero-order valence-electron chi connectivity index (χ0n) is 10.6. The van der Waals surface area contributed by atoms with Crippen LogP contribution in [0.2, 0.25) is 5.02 Å². The van der Waals surface area contributed by atoms with Gasteiger partial charge in [0.1, 0.15) is 24.0 Å².